The van der Waals surface area contributed by atoms with Crippen molar-refractivity contribution in [2.24, 2.45) is 11.8 Å². The Kier molecular flexibility index (Phi) is 14.1. The molecule has 0 aromatic heterocycles. The molecule has 1 saturated carbocycles. The molecule has 3 rings (SSSR count). The highest BCUT2D eigenvalue weighted by molar-refractivity contribution is 5.82. The van der Waals surface area contributed by atoms with Crippen LogP contribution in [-0.4, -0.2) is 57.1 Å². The lowest BCUT2D eigenvalue weighted by molar-refractivity contribution is -0.763. The Hall–Kier alpha value is -3.80. The molecule has 43 heavy (non-hydrogen) atoms. The van der Waals surface area contributed by atoms with E-state index in [2.05, 4.69) is 10.2 Å². The highest BCUT2D eigenvalue weighted by Crippen LogP contribution is 2.38. The van der Waals surface area contributed by atoms with Crippen molar-refractivity contribution in [3.05, 3.63) is 88.0 Å². The number of carbonyl (C=O) groups is 2. The minimum Gasteiger partial charge on any atom is -0.425 e. The lowest BCUT2D eigenvalue weighted by Gasteiger charge is -2.23. The number of aliphatic hydroxyl groups is 3. The number of aliphatic hydroxyl groups excluding tert-OH is 3. The van der Waals surface area contributed by atoms with Gasteiger partial charge in [0.05, 0.1) is 18.3 Å². The number of nitrogens with zero attached hydrogens (tertiary/aromatic N) is 1. The minimum atomic E-state index is -0.908. The number of allylic oxidation sites excluding steroid dienone is 2. The molecular weight excluding hydrogens is 556 g/mol. The number of nitrogens with one attached hydrogen (secondary N) is 1. The fraction of sp³-hybridized carbons (Fsp3) is 0.500. The first-order valence-electron chi connectivity index (χ1n) is 14.8. The van der Waals surface area contributed by atoms with Crippen LogP contribution in [0.4, 0.5) is 0 Å². The lowest BCUT2D eigenvalue weighted by Crippen LogP contribution is -2.31. The second-order valence-electron chi connectivity index (χ2n) is 10.9. The summed E-state index contributed by atoms with van der Waals surface area (Å²) in [6.45, 7) is -0.582. The maximum Gasteiger partial charge on any atom is 0.330 e. The van der Waals surface area contributed by atoms with Crippen molar-refractivity contribution < 1.29 is 39.6 Å². The van der Waals surface area contributed by atoms with E-state index < -0.39 is 29.4 Å². The van der Waals surface area contributed by atoms with Crippen molar-refractivity contribution in [3.8, 4) is 5.75 Å². The predicted molar refractivity (Wildman–Crippen MR) is 158 cm³/mol. The molecule has 4 N–H and O–H groups in total. The molecule has 0 radical (unpaired) electrons. The second-order valence-corrected chi connectivity index (χ2v) is 10.9. The summed E-state index contributed by atoms with van der Waals surface area (Å²) in [7, 11) is 0. The fourth-order valence-electron chi connectivity index (χ4n) is 5.42. The molecule has 2 aromatic carbocycles. The molecule has 0 bridgehead atoms. The zero-order chi connectivity index (χ0) is 31.0. The molecule has 0 spiro atoms. The Morgan fingerprint density at radius 1 is 1.02 bits per heavy atom. The lowest BCUT2D eigenvalue weighted by atomic mass is 9.85. The monoisotopic (exact) mass is 598 g/mol. The molecule has 234 valence electrons. The van der Waals surface area contributed by atoms with Crippen LogP contribution in [0, 0.1) is 22.0 Å². The molecule has 1 aliphatic carbocycles. The average Bonchev–Trinajstić information content (AvgIpc) is 3.26. The van der Waals surface area contributed by atoms with E-state index in [4.69, 9.17) is 4.74 Å². The van der Waals surface area contributed by atoms with E-state index in [0.29, 0.717) is 50.5 Å². The molecule has 0 saturated heterocycles. The summed E-state index contributed by atoms with van der Waals surface area (Å²) >= 11 is 0. The molecule has 1 aliphatic rings. The Labute approximate surface area is 251 Å². The van der Waals surface area contributed by atoms with Gasteiger partial charge in [0.2, 0.25) is 5.91 Å². The van der Waals surface area contributed by atoms with Gasteiger partial charge in [0, 0.05) is 6.42 Å². The maximum atomic E-state index is 12.1. The minimum absolute atomic E-state index is 0.0755. The van der Waals surface area contributed by atoms with Crippen LogP contribution in [0.1, 0.15) is 62.5 Å². The van der Waals surface area contributed by atoms with E-state index in [0.717, 1.165) is 6.42 Å². The topological polar surface area (TPSA) is 168 Å². The van der Waals surface area contributed by atoms with Crippen LogP contribution in [-0.2, 0) is 27.5 Å². The predicted octanol–water partition coefficient (Wildman–Crippen LogP) is 3.66. The van der Waals surface area contributed by atoms with Gasteiger partial charge >= 0.3 is 5.97 Å². The van der Waals surface area contributed by atoms with Crippen LogP contribution in [0.5, 0.6) is 5.75 Å². The Bertz CT molecular complexity index is 1190. The van der Waals surface area contributed by atoms with Gasteiger partial charge in [-0.25, -0.2) is 4.79 Å². The molecule has 1 amide bonds. The molecule has 1 fully saturated rings. The molecule has 5 atom stereocenters. The van der Waals surface area contributed by atoms with Crippen LogP contribution in [0.3, 0.4) is 0 Å². The number of ether oxygens (including phenoxy) is 1. The van der Waals surface area contributed by atoms with Crippen molar-refractivity contribution >= 4 is 11.9 Å². The third-order valence-corrected chi connectivity index (χ3v) is 7.71. The molecule has 11 heteroatoms. The number of unbranched alkanes of at least 4 members (excludes halogenated alkanes) is 1. The van der Waals surface area contributed by atoms with Gasteiger partial charge in [-0.05, 0) is 86.5 Å². The summed E-state index contributed by atoms with van der Waals surface area (Å²) in [6.07, 6.45) is 7.38. The third kappa shape index (κ3) is 12.5. The van der Waals surface area contributed by atoms with Crippen molar-refractivity contribution in [1.29, 1.82) is 0 Å². The Balaban J connectivity index is 1.30. The largest absolute Gasteiger partial charge is 0.425 e. The zero-order valence-electron chi connectivity index (χ0n) is 24.3. The summed E-state index contributed by atoms with van der Waals surface area (Å²) in [4.78, 5) is 38.8. The second kappa shape index (κ2) is 18.0. The summed E-state index contributed by atoms with van der Waals surface area (Å²) in [5.41, 5.74) is 1.64. The standard InChI is InChI=1S/C32H42N2O9/c35-25(16-15-23-9-4-3-5-10-23)17-18-28-27(29(36)20-30(28)37)13-6-1-2-7-14-31(38)33-21-32(39)43-26-12-8-11-24(19-26)22-42-34(40)41/h1,3-6,8-12,19,25,27-30,35-37H,2,7,13-18,20-22H2,(H,33,38)/t25-,27+,28+,29-,30+/m0/s1. The summed E-state index contributed by atoms with van der Waals surface area (Å²) in [5.74, 6) is -0.929. The van der Waals surface area contributed by atoms with Gasteiger partial charge in [-0.3, -0.25) is 4.79 Å². The summed E-state index contributed by atoms with van der Waals surface area (Å²) < 4.78 is 5.16. The van der Waals surface area contributed by atoms with Crippen molar-refractivity contribution in [2.75, 3.05) is 6.54 Å². The van der Waals surface area contributed by atoms with E-state index in [1.54, 1.807) is 12.1 Å². The van der Waals surface area contributed by atoms with Crippen LogP contribution >= 0.6 is 0 Å². The number of rotatable bonds is 18. The first kappa shape index (κ1) is 33.7. The SMILES string of the molecule is O=C(CCCC=CC[C@@H]1[C@@H](CC[C@@H](O)CCc2ccccc2)[C@H](O)C[C@@H]1O)NCC(=O)Oc1cccc(CO[N+](=O)[O-])c1. The van der Waals surface area contributed by atoms with E-state index in [1.165, 1.54) is 17.7 Å². The van der Waals surface area contributed by atoms with E-state index in [9.17, 15) is 35.0 Å². The molecule has 0 heterocycles. The molecular formula is C32H42N2O9. The highest BCUT2D eigenvalue weighted by atomic mass is 16.9. The number of hydrogen-bond acceptors (Lipinski definition) is 9. The molecule has 2 aromatic rings. The zero-order valence-corrected chi connectivity index (χ0v) is 24.3. The van der Waals surface area contributed by atoms with Gasteiger partial charge in [0.25, 0.3) is 5.09 Å². The first-order valence-corrected chi connectivity index (χ1v) is 14.8. The smallest absolute Gasteiger partial charge is 0.330 e. The molecule has 0 aliphatic heterocycles. The third-order valence-electron chi connectivity index (χ3n) is 7.71. The van der Waals surface area contributed by atoms with Gasteiger partial charge in [0.15, 0.2) is 0 Å². The van der Waals surface area contributed by atoms with Crippen molar-refractivity contribution in [2.45, 2.75) is 82.7 Å². The Morgan fingerprint density at radius 2 is 1.77 bits per heavy atom. The van der Waals surface area contributed by atoms with E-state index >= 15 is 0 Å². The van der Waals surface area contributed by atoms with Crippen LogP contribution < -0.4 is 10.1 Å². The van der Waals surface area contributed by atoms with Gasteiger partial charge in [-0.15, -0.1) is 10.1 Å². The molecule has 11 nitrogen and oxygen atoms in total. The van der Waals surface area contributed by atoms with E-state index in [-0.39, 0.29) is 43.1 Å². The van der Waals surface area contributed by atoms with Gasteiger partial charge in [0.1, 0.15) is 18.9 Å². The Morgan fingerprint density at radius 3 is 2.53 bits per heavy atom. The fourth-order valence-corrected chi connectivity index (χ4v) is 5.42. The van der Waals surface area contributed by atoms with Gasteiger partial charge < -0.3 is 30.2 Å². The van der Waals surface area contributed by atoms with Crippen molar-refractivity contribution in [3.63, 3.8) is 0 Å². The number of hydrogen-bond donors (Lipinski definition) is 4. The summed E-state index contributed by atoms with van der Waals surface area (Å²) in [5, 5.41) is 43.4. The highest BCUT2D eigenvalue weighted by Gasteiger charge is 2.40. The van der Waals surface area contributed by atoms with Crippen LogP contribution in [0.2, 0.25) is 0 Å². The maximum absolute atomic E-state index is 12.1. The number of esters is 1. The normalized spacial score (nSPS) is 20.5. The quantitative estimate of drug-likeness (QED) is 0.0500. The number of benzene rings is 2. The van der Waals surface area contributed by atoms with Crippen molar-refractivity contribution in [1.82, 2.24) is 5.32 Å². The van der Waals surface area contributed by atoms with Crippen LogP contribution in [0.25, 0.3) is 0 Å². The average molecular weight is 599 g/mol. The molecule has 0 unspecified atom stereocenters. The number of amides is 1. The number of carbonyl (C=O) groups excluding carboxylic acids is 2. The van der Waals surface area contributed by atoms with Gasteiger partial charge in [-0.1, -0.05) is 54.6 Å². The van der Waals surface area contributed by atoms with E-state index in [1.807, 2.05) is 42.5 Å². The number of aryl methyl sites for hydroxylation is 1. The van der Waals surface area contributed by atoms with Gasteiger partial charge in [-0.2, -0.15) is 0 Å². The summed E-state index contributed by atoms with van der Waals surface area (Å²) in [6, 6.07) is 16.1. The first-order chi connectivity index (χ1) is 20.7. The van der Waals surface area contributed by atoms with Crippen LogP contribution in [0.15, 0.2) is 66.7 Å².